The van der Waals surface area contributed by atoms with Crippen LogP contribution in [0, 0.1) is 10.1 Å². The van der Waals surface area contributed by atoms with E-state index in [-0.39, 0.29) is 29.7 Å². The number of benzene rings is 1. The van der Waals surface area contributed by atoms with Gasteiger partial charge in [-0.25, -0.2) is 9.97 Å². The predicted molar refractivity (Wildman–Crippen MR) is 129 cm³/mol. The lowest BCUT2D eigenvalue weighted by molar-refractivity contribution is -0.389. The number of fused-ring (bicyclic) bond motifs is 1. The van der Waals surface area contributed by atoms with Gasteiger partial charge in [0.05, 0.1) is 6.04 Å². The van der Waals surface area contributed by atoms with E-state index in [0.29, 0.717) is 44.4 Å². The van der Waals surface area contributed by atoms with E-state index >= 15 is 0 Å². The van der Waals surface area contributed by atoms with E-state index in [0.717, 1.165) is 18.4 Å². The molecule has 3 aromatic rings. The first-order valence-corrected chi connectivity index (χ1v) is 12.0. The Hall–Kier alpha value is -4.14. The number of nitrogens with zero attached hydrogens (tertiary/aromatic N) is 6. The molecule has 0 amide bonds. The third-order valence-corrected chi connectivity index (χ3v) is 6.25. The Morgan fingerprint density at radius 3 is 2.66 bits per heavy atom. The van der Waals surface area contributed by atoms with E-state index in [2.05, 4.69) is 35.2 Å². The number of aromatic nitrogens is 4. The van der Waals surface area contributed by atoms with Crippen molar-refractivity contribution in [1.82, 2.24) is 24.8 Å². The second kappa shape index (κ2) is 10.7. The van der Waals surface area contributed by atoms with Crippen molar-refractivity contribution in [2.45, 2.75) is 44.4 Å². The second-order valence-corrected chi connectivity index (χ2v) is 9.05. The van der Waals surface area contributed by atoms with Gasteiger partial charge in [-0.15, -0.1) is 13.2 Å². The highest BCUT2D eigenvalue weighted by Gasteiger charge is 2.31. The average molecular weight is 534 g/mol. The molecule has 202 valence electrons. The van der Waals surface area contributed by atoms with E-state index in [4.69, 9.17) is 4.74 Å². The summed E-state index contributed by atoms with van der Waals surface area (Å²) >= 11 is 0. The molecule has 38 heavy (non-hydrogen) atoms. The lowest BCUT2D eigenvalue weighted by Crippen LogP contribution is -2.41. The van der Waals surface area contributed by atoms with Gasteiger partial charge in [-0.1, -0.05) is 6.07 Å². The Labute approximate surface area is 214 Å². The summed E-state index contributed by atoms with van der Waals surface area (Å²) in [7, 11) is 0. The van der Waals surface area contributed by atoms with Gasteiger partial charge in [-0.3, -0.25) is 4.57 Å². The van der Waals surface area contributed by atoms with Crippen LogP contribution < -0.4 is 25.0 Å². The lowest BCUT2D eigenvalue weighted by atomic mass is 10.0. The fourth-order valence-electron chi connectivity index (χ4n) is 4.42. The zero-order valence-electron chi connectivity index (χ0n) is 20.1. The Morgan fingerprint density at radius 2 is 1.95 bits per heavy atom. The smallest absolute Gasteiger partial charge is 0.444 e. The van der Waals surface area contributed by atoms with Crippen LogP contribution in [0.3, 0.4) is 0 Å². The molecule has 0 radical (unpaired) electrons. The molecule has 4 heterocycles. The van der Waals surface area contributed by atoms with Crippen LogP contribution in [0.25, 0.3) is 0 Å². The van der Waals surface area contributed by atoms with Crippen molar-refractivity contribution in [3.05, 3.63) is 58.5 Å². The molecule has 1 fully saturated rings. The van der Waals surface area contributed by atoms with Crippen molar-refractivity contribution in [3.63, 3.8) is 0 Å². The van der Waals surface area contributed by atoms with Crippen LogP contribution >= 0.6 is 0 Å². The zero-order chi connectivity index (χ0) is 26.7. The molecule has 0 spiro atoms. The number of ether oxygens (including phenoxy) is 2. The number of imidazole rings is 1. The molecule has 12 nitrogen and oxygen atoms in total. The van der Waals surface area contributed by atoms with Crippen molar-refractivity contribution in [3.8, 4) is 11.8 Å². The Balaban J connectivity index is 1.08. The number of rotatable bonds is 8. The molecule has 5 rings (SSSR count). The number of alkyl halides is 3. The summed E-state index contributed by atoms with van der Waals surface area (Å²) in [5, 5.41) is 17.5. The molecule has 2 aromatic heterocycles. The summed E-state index contributed by atoms with van der Waals surface area (Å²) < 4.78 is 48.5. The van der Waals surface area contributed by atoms with Crippen molar-refractivity contribution in [2.75, 3.05) is 29.9 Å². The lowest BCUT2D eigenvalue weighted by Gasteiger charge is -2.33. The molecule has 0 aliphatic carbocycles. The summed E-state index contributed by atoms with van der Waals surface area (Å²) in [6, 6.07) is 6.13. The third kappa shape index (κ3) is 6.40. The van der Waals surface area contributed by atoms with E-state index in [1.54, 1.807) is 23.0 Å². The van der Waals surface area contributed by atoms with Gasteiger partial charge >= 0.3 is 18.2 Å². The summed E-state index contributed by atoms with van der Waals surface area (Å²) in [6.45, 7) is 2.75. The number of piperidine rings is 1. The highest BCUT2D eigenvalue weighted by Crippen LogP contribution is 2.27. The minimum atomic E-state index is -4.73. The molecule has 1 atom stereocenters. The molecule has 15 heteroatoms. The SMILES string of the molecule is O=[N+]([O-])c1cn2c(n1)OC[C@@H](NCc1cnc(N3CCC(Nc4cccc(OC(F)(F)F)c4)CC3)nc1)C2. The van der Waals surface area contributed by atoms with E-state index < -0.39 is 11.3 Å². The first-order valence-electron chi connectivity index (χ1n) is 12.0. The zero-order valence-corrected chi connectivity index (χ0v) is 20.1. The standard InChI is InChI=1S/C23H25F3N8O4/c24-23(25,26)38-19-3-1-2-17(8-19)30-16-4-6-32(7-5-16)21-28-10-15(11-29-21)9-27-18-12-33-13-20(34(35)36)31-22(33)37-14-18/h1-3,8,10-11,13,16,18,27,30H,4-7,9,12,14H2/t18-/m0/s1. The van der Waals surface area contributed by atoms with Crippen LogP contribution in [0.15, 0.2) is 42.9 Å². The van der Waals surface area contributed by atoms with Crippen LogP contribution in [0.5, 0.6) is 11.8 Å². The summed E-state index contributed by atoms with van der Waals surface area (Å²) in [5.41, 5.74) is 1.46. The van der Waals surface area contributed by atoms with Crippen molar-refractivity contribution < 1.29 is 27.6 Å². The third-order valence-electron chi connectivity index (χ3n) is 6.25. The number of nitrogens with one attached hydrogen (secondary N) is 2. The number of hydrogen-bond acceptors (Lipinski definition) is 10. The Morgan fingerprint density at radius 1 is 1.18 bits per heavy atom. The fraction of sp³-hybridized carbons (Fsp3) is 0.435. The molecular weight excluding hydrogens is 509 g/mol. The maximum Gasteiger partial charge on any atom is 0.573 e. The topological polar surface area (TPSA) is 132 Å². The van der Waals surface area contributed by atoms with Crippen molar-refractivity contribution in [1.29, 1.82) is 0 Å². The number of nitro groups is 1. The van der Waals surface area contributed by atoms with Crippen LogP contribution in [0.2, 0.25) is 0 Å². The molecule has 1 saturated heterocycles. The van der Waals surface area contributed by atoms with Crippen LogP contribution in [-0.2, 0) is 13.1 Å². The molecule has 2 N–H and O–H groups in total. The average Bonchev–Trinajstić information content (AvgIpc) is 3.32. The van der Waals surface area contributed by atoms with Gasteiger partial charge in [0.15, 0.2) is 0 Å². The highest BCUT2D eigenvalue weighted by atomic mass is 19.4. The first kappa shape index (κ1) is 25.5. The number of hydrogen-bond donors (Lipinski definition) is 2. The first-order chi connectivity index (χ1) is 18.2. The summed E-state index contributed by atoms with van der Waals surface area (Å²) in [5.74, 6) is 0.118. The molecule has 2 aliphatic heterocycles. The maximum absolute atomic E-state index is 12.5. The minimum absolute atomic E-state index is 0.0526. The maximum atomic E-state index is 12.5. The van der Waals surface area contributed by atoms with Gasteiger partial charge in [-0.2, -0.15) is 0 Å². The second-order valence-electron chi connectivity index (χ2n) is 9.05. The van der Waals surface area contributed by atoms with Gasteiger partial charge in [-0.05, 0) is 29.9 Å². The van der Waals surface area contributed by atoms with Crippen LogP contribution in [0.1, 0.15) is 18.4 Å². The van der Waals surface area contributed by atoms with E-state index in [1.165, 1.54) is 24.4 Å². The van der Waals surface area contributed by atoms with Gasteiger partial charge in [0.25, 0.3) is 0 Å². The largest absolute Gasteiger partial charge is 0.573 e. The Bertz CT molecular complexity index is 1260. The molecule has 2 aliphatic rings. The van der Waals surface area contributed by atoms with Gasteiger partial charge in [0.2, 0.25) is 5.95 Å². The predicted octanol–water partition coefficient (Wildman–Crippen LogP) is 3.11. The van der Waals surface area contributed by atoms with Crippen molar-refractivity contribution in [2.24, 2.45) is 0 Å². The van der Waals surface area contributed by atoms with Crippen LogP contribution in [-0.4, -0.2) is 62.6 Å². The quantitative estimate of drug-likeness (QED) is 0.328. The Kier molecular flexibility index (Phi) is 7.18. The normalized spacial score (nSPS) is 18.0. The molecule has 0 bridgehead atoms. The molecule has 1 aromatic carbocycles. The molecule has 0 saturated carbocycles. The van der Waals surface area contributed by atoms with Gasteiger partial charge in [0.1, 0.15) is 18.6 Å². The summed E-state index contributed by atoms with van der Waals surface area (Å²) in [4.78, 5) is 25.2. The fourth-order valence-corrected chi connectivity index (χ4v) is 4.42. The highest BCUT2D eigenvalue weighted by molar-refractivity contribution is 5.49. The van der Waals surface area contributed by atoms with Gasteiger partial charge < -0.3 is 35.1 Å². The van der Waals surface area contributed by atoms with Crippen LogP contribution in [0.4, 0.5) is 30.6 Å². The van der Waals surface area contributed by atoms with Crippen molar-refractivity contribution >= 4 is 17.5 Å². The van der Waals surface area contributed by atoms with E-state index in [9.17, 15) is 23.3 Å². The van der Waals surface area contributed by atoms with E-state index in [1.807, 2.05) is 0 Å². The number of anilines is 2. The number of halogens is 3. The minimum Gasteiger partial charge on any atom is -0.444 e. The monoisotopic (exact) mass is 534 g/mol. The molecule has 0 unspecified atom stereocenters. The summed E-state index contributed by atoms with van der Waals surface area (Å²) in [6.07, 6.45) is 1.68. The molecular formula is C23H25F3N8O4. The van der Waals surface area contributed by atoms with Gasteiger partial charge in [0, 0.05) is 66.9 Å².